The van der Waals surface area contributed by atoms with Gasteiger partial charge in [-0.1, -0.05) is 29.8 Å². The van der Waals surface area contributed by atoms with Crippen molar-refractivity contribution in [3.8, 4) is 0 Å². The van der Waals surface area contributed by atoms with Gasteiger partial charge in [0.1, 0.15) is 0 Å². The van der Waals surface area contributed by atoms with Gasteiger partial charge in [-0.05, 0) is 18.9 Å². The van der Waals surface area contributed by atoms with E-state index >= 15 is 0 Å². The van der Waals surface area contributed by atoms with Gasteiger partial charge in [0.15, 0.2) is 0 Å². The first-order valence-electron chi connectivity index (χ1n) is 3.44. The predicted octanol–water partition coefficient (Wildman–Crippen LogP) is 2.78. The molecule has 1 heteroatoms. The second-order valence-electron chi connectivity index (χ2n) is 2.42. The minimum atomic E-state index is 0.711. The molecule has 0 atom stereocenters. The van der Waals surface area contributed by atoms with E-state index in [1.54, 1.807) is 0 Å². The normalized spacial score (nSPS) is 9.80. The van der Waals surface area contributed by atoms with E-state index in [0.29, 0.717) is 5.88 Å². The molecule has 10 heavy (non-hydrogen) atoms. The van der Waals surface area contributed by atoms with Crippen molar-refractivity contribution >= 4 is 11.6 Å². The third-order valence-electron chi connectivity index (χ3n) is 1.50. The van der Waals surface area contributed by atoms with E-state index in [0.717, 1.165) is 6.42 Å². The van der Waals surface area contributed by atoms with Crippen LogP contribution in [0.3, 0.4) is 0 Å². The molecule has 0 aromatic heterocycles. The summed E-state index contributed by atoms with van der Waals surface area (Å²) < 4.78 is 0. The van der Waals surface area contributed by atoms with Crippen LogP contribution < -0.4 is 0 Å². The minimum absolute atomic E-state index is 0.711. The van der Waals surface area contributed by atoms with Crippen LogP contribution in [0.15, 0.2) is 24.3 Å². The van der Waals surface area contributed by atoms with Crippen LogP contribution in [0.2, 0.25) is 0 Å². The van der Waals surface area contributed by atoms with Gasteiger partial charge >= 0.3 is 0 Å². The lowest BCUT2D eigenvalue weighted by atomic mass is 10.1. The van der Waals surface area contributed by atoms with Crippen molar-refractivity contribution in [1.82, 2.24) is 0 Å². The molecule has 1 aromatic rings. The van der Waals surface area contributed by atoms with Gasteiger partial charge in [-0.15, -0.1) is 11.6 Å². The van der Waals surface area contributed by atoms with Gasteiger partial charge in [0.25, 0.3) is 0 Å². The van der Waals surface area contributed by atoms with Gasteiger partial charge in [-0.25, -0.2) is 0 Å². The molecule has 1 aromatic carbocycles. The smallest absolute Gasteiger partial charge is 0.0263 e. The zero-order valence-electron chi connectivity index (χ0n) is 6.10. The largest absolute Gasteiger partial charge is 0.126 e. The quantitative estimate of drug-likeness (QED) is 0.575. The Bertz CT molecular complexity index is 188. The van der Waals surface area contributed by atoms with Gasteiger partial charge in [0.05, 0.1) is 0 Å². The van der Waals surface area contributed by atoms with Crippen molar-refractivity contribution in [2.45, 2.75) is 13.3 Å². The van der Waals surface area contributed by atoms with Crippen LogP contribution in [0.25, 0.3) is 0 Å². The molecule has 0 spiro atoms. The maximum absolute atomic E-state index is 5.58. The first-order valence-corrected chi connectivity index (χ1v) is 3.98. The van der Waals surface area contributed by atoms with Crippen molar-refractivity contribution in [3.63, 3.8) is 0 Å². The third kappa shape index (κ3) is 2.03. The molecular formula is C9H11Cl. The van der Waals surface area contributed by atoms with E-state index < -0.39 is 0 Å². The lowest BCUT2D eigenvalue weighted by Gasteiger charge is -1.96. The zero-order chi connectivity index (χ0) is 7.40. The first-order chi connectivity index (χ1) is 4.83. The molecule has 0 saturated carbocycles. The summed E-state index contributed by atoms with van der Waals surface area (Å²) in [5.74, 6) is 0.711. The highest BCUT2D eigenvalue weighted by atomic mass is 35.5. The van der Waals surface area contributed by atoms with E-state index in [-0.39, 0.29) is 0 Å². The van der Waals surface area contributed by atoms with Crippen LogP contribution >= 0.6 is 11.6 Å². The molecule has 0 unspecified atom stereocenters. The summed E-state index contributed by atoms with van der Waals surface area (Å²) in [4.78, 5) is 0. The number of benzene rings is 1. The highest BCUT2D eigenvalue weighted by Crippen LogP contribution is 2.03. The SMILES string of the molecule is Cc1ccc(CCCl)cc1. The molecule has 0 saturated heterocycles. The van der Waals surface area contributed by atoms with Crippen molar-refractivity contribution in [2.75, 3.05) is 5.88 Å². The summed E-state index contributed by atoms with van der Waals surface area (Å²) in [6.07, 6.45) is 0.974. The zero-order valence-corrected chi connectivity index (χ0v) is 6.86. The molecule has 0 bridgehead atoms. The maximum Gasteiger partial charge on any atom is 0.0263 e. The highest BCUT2D eigenvalue weighted by Gasteiger charge is 1.88. The Balaban J connectivity index is 2.69. The third-order valence-corrected chi connectivity index (χ3v) is 1.69. The Morgan fingerprint density at radius 1 is 1.20 bits per heavy atom. The van der Waals surface area contributed by atoms with Crippen molar-refractivity contribution in [3.05, 3.63) is 35.4 Å². The Hall–Kier alpha value is -0.490. The van der Waals surface area contributed by atoms with Crippen molar-refractivity contribution < 1.29 is 0 Å². The van der Waals surface area contributed by atoms with E-state index in [2.05, 4.69) is 31.2 Å². The summed E-state index contributed by atoms with van der Waals surface area (Å²) in [6, 6.07) is 8.47. The number of rotatable bonds is 2. The second kappa shape index (κ2) is 3.62. The predicted molar refractivity (Wildman–Crippen MR) is 45.6 cm³/mol. The van der Waals surface area contributed by atoms with Crippen LogP contribution in [0.1, 0.15) is 11.1 Å². The van der Waals surface area contributed by atoms with Crippen LogP contribution in [0, 0.1) is 6.92 Å². The Morgan fingerprint density at radius 3 is 2.30 bits per heavy atom. The molecule has 0 fully saturated rings. The van der Waals surface area contributed by atoms with Crippen LogP contribution in [0.4, 0.5) is 0 Å². The van der Waals surface area contributed by atoms with Crippen LogP contribution in [0.5, 0.6) is 0 Å². The molecule has 0 heterocycles. The monoisotopic (exact) mass is 154 g/mol. The van der Waals surface area contributed by atoms with Gasteiger partial charge in [-0.2, -0.15) is 0 Å². The van der Waals surface area contributed by atoms with E-state index in [1.807, 2.05) is 0 Å². The summed E-state index contributed by atoms with van der Waals surface area (Å²) >= 11 is 5.58. The number of hydrogen-bond donors (Lipinski definition) is 0. The molecule has 0 radical (unpaired) electrons. The number of alkyl halides is 1. The van der Waals surface area contributed by atoms with Gasteiger partial charge in [0, 0.05) is 5.88 Å². The molecule has 0 aliphatic rings. The van der Waals surface area contributed by atoms with Gasteiger partial charge in [-0.3, -0.25) is 0 Å². The Morgan fingerprint density at radius 2 is 1.80 bits per heavy atom. The molecule has 1 rings (SSSR count). The van der Waals surface area contributed by atoms with Crippen molar-refractivity contribution in [1.29, 1.82) is 0 Å². The van der Waals surface area contributed by atoms with Gasteiger partial charge < -0.3 is 0 Å². The lowest BCUT2D eigenvalue weighted by Crippen LogP contribution is -1.84. The standard InChI is InChI=1S/C9H11Cl/c1-8-2-4-9(5-3-8)6-7-10/h2-5H,6-7H2,1H3. The fraction of sp³-hybridized carbons (Fsp3) is 0.333. The molecule has 0 aliphatic heterocycles. The maximum atomic E-state index is 5.58. The molecular weight excluding hydrogens is 144 g/mol. The van der Waals surface area contributed by atoms with Gasteiger partial charge in [0.2, 0.25) is 0 Å². The average molecular weight is 155 g/mol. The highest BCUT2D eigenvalue weighted by molar-refractivity contribution is 6.17. The topological polar surface area (TPSA) is 0 Å². The average Bonchev–Trinajstić information content (AvgIpc) is 1.95. The number of aryl methyl sites for hydroxylation is 2. The van der Waals surface area contributed by atoms with Crippen molar-refractivity contribution in [2.24, 2.45) is 0 Å². The summed E-state index contributed by atoms with van der Waals surface area (Å²) in [5.41, 5.74) is 2.62. The molecule has 54 valence electrons. The Labute approximate surface area is 66.8 Å². The molecule has 0 amide bonds. The van der Waals surface area contributed by atoms with E-state index in [4.69, 9.17) is 11.6 Å². The van der Waals surface area contributed by atoms with Crippen LogP contribution in [-0.4, -0.2) is 5.88 Å². The molecule has 0 aliphatic carbocycles. The molecule has 0 N–H and O–H groups in total. The Kier molecular flexibility index (Phi) is 2.76. The van der Waals surface area contributed by atoms with E-state index in [9.17, 15) is 0 Å². The number of hydrogen-bond acceptors (Lipinski definition) is 0. The van der Waals surface area contributed by atoms with Crippen LogP contribution in [-0.2, 0) is 6.42 Å². The molecule has 0 nitrogen and oxygen atoms in total. The second-order valence-corrected chi connectivity index (χ2v) is 2.80. The fourth-order valence-corrected chi connectivity index (χ4v) is 1.08. The number of halogens is 1. The summed E-state index contributed by atoms with van der Waals surface area (Å²) in [7, 11) is 0. The fourth-order valence-electron chi connectivity index (χ4n) is 0.864. The first kappa shape index (κ1) is 7.62. The lowest BCUT2D eigenvalue weighted by molar-refractivity contribution is 1.14. The summed E-state index contributed by atoms with van der Waals surface area (Å²) in [6.45, 7) is 2.09. The van der Waals surface area contributed by atoms with E-state index in [1.165, 1.54) is 11.1 Å². The minimum Gasteiger partial charge on any atom is -0.126 e. The summed E-state index contributed by atoms with van der Waals surface area (Å²) in [5, 5.41) is 0.